The maximum absolute atomic E-state index is 10.7. The van der Waals surface area contributed by atoms with Crippen molar-refractivity contribution in [3.8, 4) is 0 Å². The van der Waals surface area contributed by atoms with Gasteiger partial charge in [0.1, 0.15) is 0 Å². The van der Waals surface area contributed by atoms with Crippen molar-refractivity contribution in [3.63, 3.8) is 0 Å². The Kier molecular flexibility index (Phi) is 3.69. The molecule has 1 aromatic rings. The highest BCUT2D eigenvalue weighted by atomic mass is 16.3. The van der Waals surface area contributed by atoms with Crippen molar-refractivity contribution in [2.75, 3.05) is 18.0 Å². The molecular formula is C16H24N2O2. The molecule has 4 heteroatoms. The zero-order valence-corrected chi connectivity index (χ0v) is 12.1. The van der Waals surface area contributed by atoms with Crippen LogP contribution in [0.5, 0.6) is 0 Å². The Morgan fingerprint density at radius 3 is 2.90 bits per heavy atom. The van der Waals surface area contributed by atoms with Crippen molar-refractivity contribution < 1.29 is 10.2 Å². The number of piperidine rings is 1. The van der Waals surface area contributed by atoms with Gasteiger partial charge >= 0.3 is 0 Å². The van der Waals surface area contributed by atoms with Crippen molar-refractivity contribution in [1.29, 1.82) is 0 Å². The van der Waals surface area contributed by atoms with Crippen LogP contribution in [0.4, 0.5) is 5.69 Å². The quantitative estimate of drug-likeness (QED) is 0.870. The summed E-state index contributed by atoms with van der Waals surface area (Å²) >= 11 is 0. The van der Waals surface area contributed by atoms with Gasteiger partial charge in [0.15, 0.2) is 0 Å². The summed E-state index contributed by atoms with van der Waals surface area (Å²) in [5, 5.41) is 20.2. The molecule has 2 N–H and O–H groups in total. The van der Waals surface area contributed by atoms with Crippen LogP contribution in [0.3, 0.4) is 0 Å². The minimum atomic E-state index is -0.520. The van der Waals surface area contributed by atoms with Gasteiger partial charge in [0.2, 0.25) is 0 Å². The maximum Gasteiger partial charge on any atom is 0.0931 e. The zero-order valence-electron chi connectivity index (χ0n) is 12.1. The minimum absolute atomic E-state index is 0.390. The van der Waals surface area contributed by atoms with Crippen LogP contribution in [0.2, 0.25) is 0 Å². The molecule has 1 saturated heterocycles. The minimum Gasteiger partial charge on any atom is -0.389 e. The highest BCUT2D eigenvalue weighted by Gasteiger charge is 2.42. The Balaban J connectivity index is 1.72. The third kappa shape index (κ3) is 2.54. The molecule has 0 aromatic carbocycles. The summed E-state index contributed by atoms with van der Waals surface area (Å²) < 4.78 is 0. The summed E-state index contributed by atoms with van der Waals surface area (Å²) in [6.07, 6.45) is 6.67. The lowest BCUT2D eigenvalue weighted by atomic mass is 9.71. The molecule has 0 spiro atoms. The molecule has 1 aromatic heterocycles. The van der Waals surface area contributed by atoms with Gasteiger partial charge in [-0.2, -0.15) is 0 Å². The molecule has 2 aliphatic rings. The van der Waals surface area contributed by atoms with E-state index in [1.54, 1.807) is 6.92 Å². The summed E-state index contributed by atoms with van der Waals surface area (Å²) in [5.74, 6) is 0.390. The van der Waals surface area contributed by atoms with E-state index in [4.69, 9.17) is 0 Å². The molecule has 3 rings (SSSR count). The molecule has 0 bridgehead atoms. The lowest BCUT2D eigenvalue weighted by Gasteiger charge is -2.48. The van der Waals surface area contributed by atoms with Gasteiger partial charge in [-0.05, 0) is 38.3 Å². The largest absolute Gasteiger partial charge is 0.389 e. The van der Waals surface area contributed by atoms with Gasteiger partial charge < -0.3 is 15.1 Å². The standard InChI is InChI=1S/C16H24N2O2/c1-12(19)15-6-5-14(10-17-15)18-9-8-16(20)7-3-2-4-13(16)11-18/h5-6,10,12-13,19-20H,2-4,7-9,11H2,1H3. The van der Waals surface area contributed by atoms with E-state index in [1.165, 1.54) is 6.42 Å². The third-order valence-corrected chi connectivity index (χ3v) is 4.99. The summed E-state index contributed by atoms with van der Waals surface area (Å²) in [7, 11) is 0. The highest BCUT2D eigenvalue weighted by Crippen LogP contribution is 2.40. The van der Waals surface area contributed by atoms with Gasteiger partial charge in [0.25, 0.3) is 0 Å². The molecule has 0 radical (unpaired) electrons. The first kappa shape index (κ1) is 13.8. The lowest BCUT2D eigenvalue weighted by molar-refractivity contribution is -0.0612. The Labute approximate surface area is 120 Å². The van der Waals surface area contributed by atoms with Gasteiger partial charge in [0.05, 0.1) is 29.3 Å². The number of anilines is 1. The predicted octanol–water partition coefficient (Wildman–Crippen LogP) is 2.27. The van der Waals surface area contributed by atoms with Crippen LogP contribution < -0.4 is 4.90 Å². The molecule has 20 heavy (non-hydrogen) atoms. The van der Waals surface area contributed by atoms with Gasteiger partial charge in [-0.3, -0.25) is 4.98 Å². The molecule has 3 unspecified atom stereocenters. The van der Waals surface area contributed by atoms with Gasteiger partial charge in [0, 0.05) is 19.0 Å². The van der Waals surface area contributed by atoms with E-state index in [9.17, 15) is 10.2 Å². The molecule has 110 valence electrons. The van der Waals surface area contributed by atoms with Gasteiger partial charge in [-0.1, -0.05) is 12.8 Å². The lowest BCUT2D eigenvalue weighted by Crippen LogP contribution is -2.53. The molecule has 4 nitrogen and oxygen atoms in total. The first-order valence-electron chi connectivity index (χ1n) is 7.70. The van der Waals surface area contributed by atoms with E-state index in [1.807, 2.05) is 18.3 Å². The average Bonchev–Trinajstić information content (AvgIpc) is 2.46. The fraction of sp³-hybridized carbons (Fsp3) is 0.688. The monoisotopic (exact) mass is 276 g/mol. The zero-order chi connectivity index (χ0) is 14.2. The number of hydrogen-bond donors (Lipinski definition) is 2. The first-order chi connectivity index (χ1) is 9.58. The summed E-state index contributed by atoms with van der Waals surface area (Å²) in [4.78, 5) is 6.64. The van der Waals surface area contributed by atoms with E-state index in [-0.39, 0.29) is 0 Å². The Bertz CT molecular complexity index is 460. The summed E-state index contributed by atoms with van der Waals surface area (Å²) in [5.41, 5.74) is 1.38. The van der Waals surface area contributed by atoms with Crippen LogP contribution >= 0.6 is 0 Å². The smallest absolute Gasteiger partial charge is 0.0931 e. The fourth-order valence-corrected chi connectivity index (χ4v) is 3.64. The topological polar surface area (TPSA) is 56.6 Å². The molecule has 1 aliphatic carbocycles. The number of aliphatic hydroxyl groups excluding tert-OH is 1. The van der Waals surface area contributed by atoms with Crippen molar-refractivity contribution in [2.45, 2.75) is 50.7 Å². The second-order valence-electron chi connectivity index (χ2n) is 6.36. The molecule has 2 heterocycles. The first-order valence-corrected chi connectivity index (χ1v) is 7.70. The van der Waals surface area contributed by atoms with E-state index >= 15 is 0 Å². The van der Waals surface area contributed by atoms with Crippen LogP contribution in [0.1, 0.15) is 50.8 Å². The predicted molar refractivity (Wildman–Crippen MR) is 78.6 cm³/mol. The van der Waals surface area contributed by atoms with Crippen LogP contribution in [0.15, 0.2) is 18.3 Å². The molecule has 2 fully saturated rings. The number of pyridine rings is 1. The summed E-state index contributed by atoms with van der Waals surface area (Å²) in [6, 6.07) is 3.92. The van der Waals surface area contributed by atoms with Gasteiger partial charge in [-0.25, -0.2) is 0 Å². The molecule has 3 atom stereocenters. The van der Waals surface area contributed by atoms with Crippen molar-refractivity contribution >= 4 is 5.69 Å². The summed E-state index contributed by atoms with van der Waals surface area (Å²) in [6.45, 7) is 3.54. The van der Waals surface area contributed by atoms with Crippen LogP contribution in [0, 0.1) is 5.92 Å². The molecular weight excluding hydrogens is 252 g/mol. The van der Waals surface area contributed by atoms with Crippen LogP contribution in [-0.2, 0) is 0 Å². The number of aliphatic hydroxyl groups is 2. The van der Waals surface area contributed by atoms with Crippen LogP contribution in [0.25, 0.3) is 0 Å². The maximum atomic E-state index is 10.7. The average molecular weight is 276 g/mol. The molecule has 0 amide bonds. The normalized spacial score (nSPS) is 31.8. The van der Waals surface area contributed by atoms with E-state index in [0.717, 1.165) is 44.5 Å². The Hall–Kier alpha value is -1.13. The van der Waals surface area contributed by atoms with E-state index in [0.29, 0.717) is 11.6 Å². The Morgan fingerprint density at radius 1 is 1.35 bits per heavy atom. The fourth-order valence-electron chi connectivity index (χ4n) is 3.64. The number of fused-ring (bicyclic) bond motifs is 1. The Morgan fingerprint density at radius 2 is 2.20 bits per heavy atom. The second kappa shape index (κ2) is 5.34. The molecule has 1 saturated carbocycles. The van der Waals surface area contributed by atoms with Crippen molar-refractivity contribution in [1.82, 2.24) is 4.98 Å². The van der Waals surface area contributed by atoms with Crippen LogP contribution in [-0.4, -0.2) is 33.9 Å². The number of hydrogen-bond acceptors (Lipinski definition) is 4. The van der Waals surface area contributed by atoms with Crippen molar-refractivity contribution in [3.05, 3.63) is 24.0 Å². The van der Waals surface area contributed by atoms with E-state index < -0.39 is 11.7 Å². The molecule has 1 aliphatic heterocycles. The number of rotatable bonds is 2. The van der Waals surface area contributed by atoms with Gasteiger partial charge in [-0.15, -0.1) is 0 Å². The third-order valence-electron chi connectivity index (χ3n) is 4.99. The highest BCUT2D eigenvalue weighted by molar-refractivity contribution is 5.45. The number of nitrogens with zero attached hydrogens (tertiary/aromatic N) is 2. The SMILES string of the molecule is CC(O)c1ccc(N2CCC3(O)CCCCC3C2)cn1. The second-order valence-corrected chi connectivity index (χ2v) is 6.36. The van der Waals surface area contributed by atoms with Crippen molar-refractivity contribution in [2.24, 2.45) is 5.92 Å². The van der Waals surface area contributed by atoms with E-state index in [2.05, 4.69) is 9.88 Å². The number of aromatic nitrogens is 1.